The SMILES string of the molecule is O=C1C(=Cc2cc3oc(-c4c(F)c(F)c(F)c(F)c4F)cc3s2)C(=O)c2cc(Cl)c(Cl)cc21. The molecule has 5 rings (SSSR count). The predicted molar refractivity (Wildman–Crippen MR) is 112 cm³/mol. The maximum atomic E-state index is 14.1. The smallest absolute Gasteiger partial charge is 0.200 e. The summed E-state index contributed by atoms with van der Waals surface area (Å²) in [5.74, 6) is -12.2. The lowest BCUT2D eigenvalue weighted by Gasteiger charge is -2.05. The van der Waals surface area contributed by atoms with Crippen LogP contribution in [0.1, 0.15) is 25.6 Å². The molecule has 2 heterocycles. The second kappa shape index (κ2) is 7.51. The Bertz CT molecular complexity index is 1480. The number of carbonyl (C=O) groups excluding carboxylic acids is 2. The van der Waals surface area contributed by atoms with Gasteiger partial charge in [-0.3, -0.25) is 9.59 Å². The van der Waals surface area contributed by atoms with Gasteiger partial charge < -0.3 is 4.42 Å². The minimum atomic E-state index is -2.27. The lowest BCUT2D eigenvalue weighted by atomic mass is 10.1. The van der Waals surface area contributed by atoms with Crippen molar-refractivity contribution >= 4 is 62.5 Å². The number of hydrogen-bond donors (Lipinski definition) is 0. The quantitative estimate of drug-likeness (QED) is 0.0907. The first-order valence-corrected chi connectivity index (χ1v) is 10.5. The normalized spacial score (nSPS) is 13.4. The van der Waals surface area contributed by atoms with E-state index < -0.39 is 52.0 Å². The van der Waals surface area contributed by atoms with Crippen LogP contribution in [0.4, 0.5) is 22.0 Å². The van der Waals surface area contributed by atoms with Gasteiger partial charge in [-0.15, -0.1) is 11.3 Å². The summed E-state index contributed by atoms with van der Waals surface area (Å²) in [6.07, 6.45) is 1.31. The number of benzene rings is 2. The van der Waals surface area contributed by atoms with Crippen molar-refractivity contribution < 1.29 is 36.0 Å². The zero-order chi connectivity index (χ0) is 23.8. The maximum Gasteiger partial charge on any atom is 0.200 e. The van der Waals surface area contributed by atoms with Crippen LogP contribution >= 0.6 is 34.5 Å². The molecule has 0 amide bonds. The van der Waals surface area contributed by atoms with Crippen LogP contribution in [-0.2, 0) is 0 Å². The van der Waals surface area contributed by atoms with Gasteiger partial charge in [-0.25, -0.2) is 22.0 Å². The van der Waals surface area contributed by atoms with Crippen LogP contribution in [0.15, 0.2) is 34.3 Å². The van der Waals surface area contributed by atoms with E-state index in [0.717, 1.165) is 17.4 Å². The summed E-state index contributed by atoms with van der Waals surface area (Å²) in [5.41, 5.74) is -1.07. The predicted octanol–water partition coefficient (Wildman–Crippen LogP) is 7.63. The second-order valence-corrected chi connectivity index (χ2v) is 8.89. The third-order valence-corrected chi connectivity index (χ3v) is 6.74. The molecule has 0 atom stereocenters. The van der Waals surface area contributed by atoms with Crippen molar-refractivity contribution in [3.63, 3.8) is 0 Å². The second-order valence-electron chi connectivity index (χ2n) is 6.96. The summed E-state index contributed by atoms with van der Waals surface area (Å²) < 4.78 is 74.0. The zero-order valence-corrected chi connectivity index (χ0v) is 18.0. The van der Waals surface area contributed by atoms with Gasteiger partial charge in [-0.05, 0) is 24.3 Å². The highest BCUT2D eigenvalue weighted by atomic mass is 35.5. The van der Waals surface area contributed by atoms with E-state index in [0.29, 0.717) is 9.58 Å². The number of thiophene rings is 1. The molecular weight excluding hydrogens is 510 g/mol. The molecule has 0 saturated carbocycles. The Labute approximate surface area is 194 Å². The highest BCUT2D eigenvalue weighted by Crippen LogP contribution is 2.39. The van der Waals surface area contributed by atoms with Crippen LogP contribution in [0.25, 0.3) is 27.7 Å². The Kier molecular flexibility index (Phi) is 4.97. The van der Waals surface area contributed by atoms with E-state index in [1.165, 1.54) is 24.3 Å². The summed E-state index contributed by atoms with van der Waals surface area (Å²) in [7, 11) is 0. The van der Waals surface area contributed by atoms with Gasteiger partial charge in [0.1, 0.15) is 11.3 Å². The van der Waals surface area contributed by atoms with Crippen molar-refractivity contribution in [3.05, 3.63) is 85.0 Å². The first-order valence-electron chi connectivity index (χ1n) is 8.93. The molecule has 0 fully saturated rings. The van der Waals surface area contributed by atoms with Gasteiger partial charge in [0.25, 0.3) is 0 Å². The van der Waals surface area contributed by atoms with Crippen molar-refractivity contribution in [3.8, 4) is 11.3 Å². The van der Waals surface area contributed by atoms with Crippen molar-refractivity contribution in [2.24, 2.45) is 0 Å². The molecule has 3 nitrogen and oxygen atoms in total. The van der Waals surface area contributed by atoms with Crippen LogP contribution < -0.4 is 0 Å². The topological polar surface area (TPSA) is 47.3 Å². The van der Waals surface area contributed by atoms with Crippen molar-refractivity contribution in [2.75, 3.05) is 0 Å². The molecule has 166 valence electrons. The number of carbonyl (C=O) groups is 2. The summed E-state index contributed by atoms with van der Waals surface area (Å²) in [5, 5.41) is 0.235. The fourth-order valence-electron chi connectivity index (χ4n) is 3.46. The number of Topliss-reactive ketones (excluding diaryl/α,β-unsaturated/α-hetero) is 2. The van der Waals surface area contributed by atoms with Gasteiger partial charge in [0.05, 0.1) is 25.9 Å². The van der Waals surface area contributed by atoms with Gasteiger partial charge in [-0.2, -0.15) is 0 Å². The van der Waals surface area contributed by atoms with Crippen LogP contribution in [0, 0.1) is 29.1 Å². The van der Waals surface area contributed by atoms with Gasteiger partial charge in [0.2, 0.25) is 5.82 Å². The van der Waals surface area contributed by atoms with Crippen LogP contribution in [0.5, 0.6) is 0 Å². The molecule has 0 unspecified atom stereocenters. The Balaban J connectivity index is 1.55. The van der Waals surface area contributed by atoms with E-state index in [1.54, 1.807) is 0 Å². The Hall–Kier alpha value is -3.01. The Morgan fingerprint density at radius 1 is 0.758 bits per heavy atom. The van der Waals surface area contributed by atoms with Crippen molar-refractivity contribution in [2.45, 2.75) is 0 Å². The molecule has 2 aromatic heterocycles. The molecule has 2 aromatic carbocycles. The van der Waals surface area contributed by atoms with Crippen molar-refractivity contribution in [1.29, 1.82) is 0 Å². The standard InChI is InChI=1S/C22H5Cl2F5O3S/c23-10-3-7-8(4-11(10)24)22(31)9(21(7)30)1-6-2-12-14(33-6)5-13(32-12)15-16(25)18(27)20(29)19(28)17(15)26/h1-5H. The monoisotopic (exact) mass is 514 g/mol. The summed E-state index contributed by atoms with van der Waals surface area (Å²) in [6.45, 7) is 0. The minimum Gasteiger partial charge on any atom is -0.455 e. The maximum absolute atomic E-state index is 14.1. The molecular formula is C22H5Cl2F5O3S. The van der Waals surface area contributed by atoms with E-state index in [4.69, 9.17) is 27.6 Å². The summed E-state index contributed by atoms with van der Waals surface area (Å²) in [4.78, 5) is 25.7. The first kappa shape index (κ1) is 21.8. The molecule has 0 radical (unpaired) electrons. The molecule has 33 heavy (non-hydrogen) atoms. The number of hydrogen-bond acceptors (Lipinski definition) is 4. The van der Waals surface area contributed by atoms with Crippen molar-refractivity contribution in [1.82, 2.24) is 0 Å². The first-order chi connectivity index (χ1) is 15.6. The van der Waals surface area contributed by atoms with Gasteiger partial charge in [-0.1, -0.05) is 23.2 Å². The van der Waals surface area contributed by atoms with E-state index in [9.17, 15) is 31.5 Å². The largest absolute Gasteiger partial charge is 0.455 e. The number of allylic oxidation sites excluding steroid dienone is 1. The highest BCUT2D eigenvalue weighted by Gasteiger charge is 2.34. The lowest BCUT2D eigenvalue weighted by Crippen LogP contribution is -2.03. The fourth-order valence-corrected chi connectivity index (χ4v) is 4.75. The molecule has 1 aliphatic rings. The van der Waals surface area contributed by atoms with Crippen LogP contribution in [0.3, 0.4) is 0 Å². The number of halogens is 7. The molecule has 0 spiro atoms. The molecule has 1 aliphatic carbocycles. The molecule has 0 N–H and O–H groups in total. The number of fused-ring (bicyclic) bond motifs is 2. The molecule has 0 bridgehead atoms. The average molecular weight is 515 g/mol. The third kappa shape index (κ3) is 3.22. The Morgan fingerprint density at radius 2 is 1.27 bits per heavy atom. The van der Waals surface area contributed by atoms with Gasteiger partial charge in [0.15, 0.2) is 34.8 Å². The van der Waals surface area contributed by atoms with E-state index in [1.807, 2.05) is 0 Å². The molecule has 0 saturated heterocycles. The lowest BCUT2D eigenvalue weighted by molar-refractivity contribution is 0.0990. The van der Waals surface area contributed by atoms with Crippen LogP contribution in [-0.4, -0.2) is 11.6 Å². The zero-order valence-electron chi connectivity index (χ0n) is 15.7. The van der Waals surface area contributed by atoms with Crippen LogP contribution in [0.2, 0.25) is 10.0 Å². The van der Waals surface area contributed by atoms with Gasteiger partial charge >= 0.3 is 0 Å². The van der Waals surface area contributed by atoms with E-state index in [2.05, 4.69) is 0 Å². The molecule has 4 aromatic rings. The van der Waals surface area contributed by atoms with E-state index >= 15 is 0 Å². The van der Waals surface area contributed by atoms with Gasteiger partial charge in [0, 0.05) is 22.1 Å². The minimum absolute atomic E-state index is 0.0623. The summed E-state index contributed by atoms with van der Waals surface area (Å²) >= 11 is 12.8. The number of rotatable bonds is 2. The average Bonchev–Trinajstić information content (AvgIpc) is 3.39. The fraction of sp³-hybridized carbons (Fsp3) is 0. The number of furan rings is 1. The Morgan fingerprint density at radius 3 is 1.79 bits per heavy atom. The molecule has 0 aliphatic heterocycles. The summed E-state index contributed by atoms with van der Waals surface area (Å²) in [6, 6.07) is 5.08. The molecule has 11 heteroatoms. The third-order valence-electron chi connectivity index (χ3n) is 5.01. The highest BCUT2D eigenvalue weighted by molar-refractivity contribution is 7.19. The van der Waals surface area contributed by atoms with E-state index in [-0.39, 0.29) is 32.3 Å². The number of ketones is 2.